The highest BCUT2D eigenvalue weighted by molar-refractivity contribution is 6.06. The van der Waals surface area contributed by atoms with Gasteiger partial charge < -0.3 is 14.8 Å². The van der Waals surface area contributed by atoms with Crippen LogP contribution in [0, 0.1) is 0 Å². The van der Waals surface area contributed by atoms with E-state index in [-0.39, 0.29) is 5.91 Å². The van der Waals surface area contributed by atoms with Crippen LogP contribution in [0.15, 0.2) is 78.9 Å². The van der Waals surface area contributed by atoms with Gasteiger partial charge >= 0.3 is 0 Å². The van der Waals surface area contributed by atoms with Crippen molar-refractivity contribution in [2.24, 2.45) is 0 Å². The quantitative estimate of drug-likeness (QED) is 0.392. The lowest BCUT2D eigenvalue weighted by Gasteiger charge is -2.12. The second kappa shape index (κ2) is 11.7. The minimum absolute atomic E-state index is 0.182. The Hall–Kier alpha value is -3.27. The van der Waals surface area contributed by atoms with Crippen LogP contribution in [0.4, 0.5) is 5.69 Å². The number of benzene rings is 3. The molecule has 0 aliphatic heterocycles. The van der Waals surface area contributed by atoms with Gasteiger partial charge in [0.25, 0.3) is 5.91 Å². The molecule has 0 atom stereocenters. The summed E-state index contributed by atoms with van der Waals surface area (Å²) in [6.07, 6.45) is 3.96. The van der Waals surface area contributed by atoms with Crippen LogP contribution in [-0.4, -0.2) is 19.1 Å². The Morgan fingerprint density at radius 1 is 0.800 bits per heavy atom. The molecule has 30 heavy (non-hydrogen) atoms. The highest BCUT2D eigenvalue weighted by atomic mass is 16.5. The van der Waals surface area contributed by atoms with Crippen LogP contribution in [-0.2, 0) is 6.42 Å². The molecule has 4 heteroatoms. The zero-order valence-corrected chi connectivity index (χ0v) is 17.5. The molecular weight excluding hydrogens is 374 g/mol. The molecule has 0 aliphatic rings. The Labute approximate surface area is 178 Å². The number of aryl methyl sites for hydroxylation is 1. The number of rotatable bonds is 11. The van der Waals surface area contributed by atoms with Gasteiger partial charge in [0.1, 0.15) is 11.5 Å². The first-order valence-corrected chi connectivity index (χ1v) is 10.6. The van der Waals surface area contributed by atoms with Crippen molar-refractivity contribution in [2.45, 2.75) is 32.6 Å². The fraction of sp³-hybridized carbons (Fsp3) is 0.269. The Bertz CT molecular complexity index is 907. The molecule has 0 aromatic heterocycles. The monoisotopic (exact) mass is 403 g/mol. The summed E-state index contributed by atoms with van der Waals surface area (Å²) in [7, 11) is 0. The van der Waals surface area contributed by atoms with Gasteiger partial charge in [0, 0.05) is 5.69 Å². The van der Waals surface area contributed by atoms with Gasteiger partial charge in [-0.3, -0.25) is 4.79 Å². The molecule has 0 unspecified atom stereocenters. The summed E-state index contributed by atoms with van der Waals surface area (Å²) in [5.41, 5.74) is 2.58. The Morgan fingerprint density at radius 2 is 1.50 bits per heavy atom. The number of hydrogen-bond acceptors (Lipinski definition) is 3. The molecule has 0 spiro atoms. The van der Waals surface area contributed by atoms with E-state index in [9.17, 15) is 4.79 Å². The first-order chi connectivity index (χ1) is 14.8. The van der Waals surface area contributed by atoms with Crippen molar-refractivity contribution < 1.29 is 14.3 Å². The van der Waals surface area contributed by atoms with Crippen molar-refractivity contribution in [2.75, 3.05) is 18.5 Å². The Morgan fingerprint density at radius 3 is 2.27 bits per heavy atom. The van der Waals surface area contributed by atoms with Gasteiger partial charge in [-0.05, 0) is 61.2 Å². The van der Waals surface area contributed by atoms with Crippen LogP contribution in [0.3, 0.4) is 0 Å². The summed E-state index contributed by atoms with van der Waals surface area (Å²) in [5, 5.41) is 2.93. The number of nitrogens with one attached hydrogen (secondary N) is 1. The van der Waals surface area contributed by atoms with Crippen LogP contribution in [0.2, 0.25) is 0 Å². The molecule has 3 rings (SSSR count). The van der Waals surface area contributed by atoms with Gasteiger partial charge in [0.05, 0.1) is 18.8 Å². The smallest absolute Gasteiger partial charge is 0.259 e. The van der Waals surface area contributed by atoms with Crippen molar-refractivity contribution in [3.05, 3.63) is 90.0 Å². The van der Waals surface area contributed by atoms with Gasteiger partial charge in [-0.15, -0.1) is 0 Å². The molecular formula is C26H29NO3. The SMILES string of the molecule is CCCCOc1ccccc1C(=O)Nc1ccc(OCCCc2ccccc2)cc1. The molecule has 0 saturated carbocycles. The molecule has 0 bridgehead atoms. The summed E-state index contributed by atoms with van der Waals surface area (Å²) >= 11 is 0. The maximum absolute atomic E-state index is 12.7. The van der Waals surface area contributed by atoms with Crippen LogP contribution >= 0.6 is 0 Å². The molecule has 4 nitrogen and oxygen atoms in total. The summed E-state index contributed by atoms with van der Waals surface area (Å²) in [4.78, 5) is 12.7. The highest BCUT2D eigenvalue weighted by Crippen LogP contribution is 2.21. The van der Waals surface area contributed by atoms with E-state index in [1.165, 1.54) is 5.56 Å². The molecule has 3 aromatic carbocycles. The topological polar surface area (TPSA) is 47.6 Å². The summed E-state index contributed by atoms with van der Waals surface area (Å²) in [6, 6.07) is 25.2. The van der Waals surface area contributed by atoms with Crippen molar-refractivity contribution in [1.29, 1.82) is 0 Å². The third-order valence-corrected chi connectivity index (χ3v) is 4.72. The van der Waals surface area contributed by atoms with Crippen LogP contribution < -0.4 is 14.8 Å². The predicted molar refractivity (Wildman–Crippen MR) is 121 cm³/mol. The van der Waals surface area contributed by atoms with Gasteiger partial charge in [-0.1, -0.05) is 55.8 Å². The van der Waals surface area contributed by atoms with Gasteiger partial charge in [0.15, 0.2) is 0 Å². The molecule has 0 radical (unpaired) electrons. The van der Waals surface area contributed by atoms with Gasteiger partial charge in [0.2, 0.25) is 0 Å². The van der Waals surface area contributed by atoms with E-state index in [0.29, 0.717) is 24.5 Å². The first kappa shape index (κ1) is 21.4. The van der Waals surface area contributed by atoms with Crippen LogP contribution in [0.5, 0.6) is 11.5 Å². The van der Waals surface area contributed by atoms with Crippen molar-refractivity contribution in [3.63, 3.8) is 0 Å². The molecule has 156 valence electrons. The number of carbonyl (C=O) groups excluding carboxylic acids is 1. The zero-order chi connectivity index (χ0) is 21.0. The molecule has 3 aromatic rings. The largest absolute Gasteiger partial charge is 0.494 e. The Balaban J connectivity index is 1.49. The standard InChI is InChI=1S/C26H29NO3/c1-2-3-19-30-25-14-8-7-13-24(25)26(28)27-22-15-17-23(18-16-22)29-20-9-12-21-10-5-4-6-11-21/h4-8,10-11,13-18H,2-3,9,12,19-20H2,1H3,(H,27,28). The number of anilines is 1. The summed E-state index contributed by atoms with van der Waals surface area (Å²) < 4.78 is 11.6. The molecule has 0 heterocycles. The molecule has 1 N–H and O–H groups in total. The van der Waals surface area contributed by atoms with E-state index in [1.54, 1.807) is 6.07 Å². The minimum atomic E-state index is -0.182. The lowest BCUT2D eigenvalue weighted by atomic mass is 10.1. The fourth-order valence-corrected chi connectivity index (χ4v) is 3.05. The van der Waals surface area contributed by atoms with Crippen LogP contribution in [0.1, 0.15) is 42.1 Å². The fourth-order valence-electron chi connectivity index (χ4n) is 3.05. The molecule has 0 aliphatic carbocycles. The minimum Gasteiger partial charge on any atom is -0.494 e. The summed E-state index contributed by atoms with van der Waals surface area (Å²) in [5.74, 6) is 1.23. The molecule has 0 fully saturated rings. The van der Waals surface area contributed by atoms with E-state index in [1.807, 2.05) is 48.5 Å². The van der Waals surface area contributed by atoms with E-state index < -0.39 is 0 Å². The molecule has 1 amide bonds. The highest BCUT2D eigenvalue weighted by Gasteiger charge is 2.12. The van der Waals surface area contributed by atoms with Crippen molar-refractivity contribution in [1.82, 2.24) is 0 Å². The van der Waals surface area contributed by atoms with E-state index in [4.69, 9.17) is 9.47 Å². The van der Waals surface area contributed by atoms with Crippen molar-refractivity contribution >= 4 is 11.6 Å². The van der Waals surface area contributed by atoms with Crippen molar-refractivity contribution in [3.8, 4) is 11.5 Å². The number of carbonyl (C=O) groups is 1. The maximum atomic E-state index is 12.7. The second-order valence-corrected chi connectivity index (χ2v) is 7.11. The number of para-hydroxylation sites is 1. The molecule has 0 saturated heterocycles. The third-order valence-electron chi connectivity index (χ3n) is 4.72. The second-order valence-electron chi connectivity index (χ2n) is 7.11. The Kier molecular flexibility index (Phi) is 8.34. The zero-order valence-electron chi connectivity index (χ0n) is 17.5. The van der Waals surface area contributed by atoms with Gasteiger partial charge in [-0.2, -0.15) is 0 Å². The van der Waals surface area contributed by atoms with E-state index in [0.717, 1.165) is 37.1 Å². The normalized spacial score (nSPS) is 10.4. The number of unbranched alkanes of at least 4 members (excludes halogenated alkanes) is 1. The number of amides is 1. The van der Waals surface area contributed by atoms with Crippen LogP contribution in [0.25, 0.3) is 0 Å². The van der Waals surface area contributed by atoms with Gasteiger partial charge in [-0.25, -0.2) is 0 Å². The van der Waals surface area contributed by atoms with E-state index in [2.05, 4.69) is 36.5 Å². The maximum Gasteiger partial charge on any atom is 0.259 e. The third kappa shape index (κ3) is 6.66. The predicted octanol–water partition coefficient (Wildman–Crippen LogP) is 6.13. The number of ether oxygens (including phenoxy) is 2. The number of hydrogen-bond donors (Lipinski definition) is 1. The van der Waals surface area contributed by atoms with E-state index >= 15 is 0 Å². The average Bonchev–Trinajstić information content (AvgIpc) is 2.79. The average molecular weight is 404 g/mol. The lowest BCUT2D eigenvalue weighted by molar-refractivity contribution is 0.102. The lowest BCUT2D eigenvalue weighted by Crippen LogP contribution is -2.14. The first-order valence-electron chi connectivity index (χ1n) is 10.6. The summed E-state index contributed by atoms with van der Waals surface area (Å²) in [6.45, 7) is 3.37.